The molecule has 2 aromatic carbocycles. The molecule has 1 aromatic heterocycles. The Kier molecular flexibility index (Phi) is 6.41. The van der Waals surface area contributed by atoms with Crippen LogP contribution in [-0.4, -0.2) is 61.3 Å². The van der Waals surface area contributed by atoms with E-state index in [9.17, 15) is 35.4 Å². The SMILES string of the molecule is CC(C)C[C@@H]1OC(Oc2c(-c3ccc(O)cc3)oc3cc(O)cc(O)c3c2=O)[C@H](O)[C@H](O)[C@H]1O. The van der Waals surface area contributed by atoms with E-state index in [2.05, 4.69) is 0 Å². The predicted octanol–water partition coefficient (Wildman–Crippen LogP) is 1.81. The molecule has 182 valence electrons. The van der Waals surface area contributed by atoms with Gasteiger partial charge in [-0.1, -0.05) is 13.8 Å². The number of fused-ring (bicyclic) bond motifs is 1. The first kappa shape index (κ1) is 23.8. The van der Waals surface area contributed by atoms with Crippen molar-refractivity contribution in [1.29, 1.82) is 0 Å². The smallest absolute Gasteiger partial charge is 0.239 e. The van der Waals surface area contributed by atoms with E-state index in [0.717, 1.165) is 12.1 Å². The number of benzene rings is 2. The molecule has 0 amide bonds. The number of phenolic OH excluding ortho intramolecular Hbond substituents is 3. The van der Waals surface area contributed by atoms with E-state index in [1.807, 2.05) is 13.8 Å². The van der Waals surface area contributed by atoms with E-state index in [1.54, 1.807) is 0 Å². The largest absolute Gasteiger partial charge is 0.508 e. The molecule has 0 saturated carbocycles. The Morgan fingerprint density at radius 2 is 1.62 bits per heavy atom. The van der Waals surface area contributed by atoms with Gasteiger partial charge in [0.25, 0.3) is 0 Å². The summed E-state index contributed by atoms with van der Waals surface area (Å²) < 4.78 is 17.3. The van der Waals surface area contributed by atoms with Crippen molar-refractivity contribution in [1.82, 2.24) is 0 Å². The van der Waals surface area contributed by atoms with Crippen LogP contribution in [0.15, 0.2) is 45.6 Å². The van der Waals surface area contributed by atoms with Crippen LogP contribution in [0.1, 0.15) is 20.3 Å². The van der Waals surface area contributed by atoms with E-state index >= 15 is 0 Å². The second-order valence-electron chi connectivity index (χ2n) is 8.74. The molecule has 0 aliphatic carbocycles. The van der Waals surface area contributed by atoms with Crippen LogP contribution in [0.5, 0.6) is 23.0 Å². The summed E-state index contributed by atoms with van der Waals surface area (Å²) in [4.78, 5) is 13.4. The van der Waals surface area contributed by atoms with Crippen LogP contribution in [0, 0.1) is 5.92 Å². The summed E-state index contributed by atoms with van der Waals surface area (Å²) in [6.45, 7) is 3.78. The van der Waals surface area contributed by atoms with Gasteiger partial charge < -0.3 is 44.5 Å². The third-order valence-electron chi connectivity index (χ3n) is 5.65. The molecule has 34 heavy (non-hydrogen) atoms. The van der Waals surface area contributed by atoms with Gasteiger partial charge in [0.05, 0.1) is 6.10 Å². The van der Waals surface area contributed by atoms with Crippen molar-refractivity contribution >= 4 is 11.0 Å². The van der Waals surface area contributed by atoms with E-state index < -0.39 is 47.6 Å². The number of hydrogen-bond acceptors (Lipinski definition) is 10. The minimum Gasteiger partial charge on any atom is -0.508 e. The van der Waals surface area contributed by atoms with Crippen molar-refractivity contribution in [3.63, 3.8) is 0 Å². The molecule has 2 heterocycles. The molecule has 6 N–H and O–H groups in total. The molecule has 10 nitrogen and oxygen atoms in total. The summed E-state index contributed by atoms with van der Waals surface area (Å²) in [6.07, 6.45) is -6.74. The number of aliphatic hydroxyl groups excluding tert-OH is 3. The van der Waals surface area contributed by atoms with Gasteiger partial charge in [0.2, 0.25) is 17.5 Å². The van der Waals surface area contributed by atoms with E-state index in [0.29, 0.717) is 12.0 Å². The van der Waals surface area contributed by atoms with Gasteiger partial charge in [-0.25, -0.2) is 0 Å². The maximum atomic E-state index is 13.4. The number of aromatic hydroxyl groups is 3. The standard InChI is InChI=1S/C24H26O10/c1-10(2)7-16-18(28)20(30)21(31)24(33-16)34-23-19(29)17-14(27)8-13(26)9-15(17)32-22(23)11-3-5-12(25)6-4-11/h3-6,8-10,16,18,20-21,24-28,30-31H,7H2,1-2H3/t16-,18-,20+,21+,24?/m0/s1. The molecule has 0 spiro atoms. The topological polar surface area (TPSA) is 170 Å². The Morgan fingerprint density at radius 3 is 2.26 bits per heavy atom. The number of rotatable bonds is 5. The molecule has 3 aromatic rings. The molecule has 1 unspecified atom stereocenters. The Morgan fingerprint density at radius 1 is 0.941 bits per heavy atom. The predicted molar refractivity (Wildman–Crippen MR) is 120 cm³/mol. The van der Waals surface area contributed by atoms with Gasteiger partial charge in [-0.05, 0) is 36.6 Å². The van der Waals surface area contributed by atoms with E-state index in [1.165, 1.54) is 24.3 Å². The quantitative estimate of drug-likeness (QED) is 0.320. The van der Waals surface area contributed by atoms with Crippen molar-refractivity contribution in [2.24, 2.45) is 5.92 Å². The number of hydrogen-bond donors (Lipinski definition) is 6. The second kappa shape index (κ2) is 9.15. The fourth-order valence-electron chi connectivity index (χ4n) is 3.97. The van der Waals surface area contributed by atoms with Gasteiger partial charge in [0.1, 0.15) is 46.5 Å². The summed E-state index contributed by atoms with van der Waals surface area (Å²) in [5.74, 6) is -1.40. The third kappa shape index (κ3) is 4.40. The first-order chi connectivity index (χ1) is 16.1. The van der Waals surface area contributed by atoms with Crippen LogP contribution in [0.2, 0.25) is 0 Å². The zero-order chi connectivity index (χ0) is 24.7. The average molecular weight is 474 g/mol. The molecular weight excluding hydrogens is 448 g/mol. The summed E-state index contributed by atoms with van der Waals surface area (Å²) in [5.41, 5.74) is -0.644. The highest BCUT2D eigenvalue weighted by Gasteiger charge is 2.45. The zero-order valence-corrected chi connectivity index (χ0v) is 18.5. The molecule has 5 atom stereocenters. The van der Waals surface area contributed by atoms with Crippen LogP contribution >= 0.6 is 0 Å². The number of phenols is 3. The highest BCUT2D eigenvalue weighted by molar-refractivity contribution is 5.88. The zero-order valence-electron chi connectivity index (χ0n) is 18.5. The monoisotopic (exact) mass is 474 g/mol. The van der Waals surface area contributed by atoms with E-state index in [-0.39, 0.29) is 34.1 Å². The fourth-order valence-corrected chi connectivity index (χ4v) is 3.97. The van der Waals surface area contributed by atoms with Gasteiger partial charge >= 0.3 is 0 Å². The Bertz CT molecular complexity index is 1230. The maximum absolute atomic E-state index is 13.4. The summed E-state index contributed by atoms with van der Waals surface area (Å²) in [7, 11) is 0. The van der Waals surface area contributed by atoms with Crippen LogP contribution in [0.4, 0.5) is 0 Å². The first-order valence-corrected chi connectivity index (χ1v) is 10.7. The summed E-state index contributed by atoms with van der Waals surface area (Å²) >= 11 is 0. The highest BCUT2D eigenvalue weighted by atomic mass is 16.7. The summed E-state index contributed by atoms with van der Waals surface area (Å²) in [5, 5.41) is 60.6. The van der Waals surface area contributed by atoms with E-state index in [4.69, 9.17) is 13.9 Å². The lowest BCUT2D eigenvalue weighted by Gasteiger charge is -2.40. The molecule has 1 aliphatic heterocycles. The second-order valence-corrected chi connectivity index (χ2v) is 8.74. The molecule has 1 saturated heterocycles. The third-order valence-corrected chi connectivity index (χ3v) is 5.65. The molecule has 10 heteroatoms. The van der Waals surface area contributed by atoms with Crippen LogP contribution in [-0.2, 0) is 4.74 Å². The van der Waals surface area contributed by atoms with Crippen molar-refractivity contribution in [3.05, 3.63) is 46.6 Å². The molecule has 1 fully saturated rings. The van der Waals surface area contributed by atoms with Crippen LogP contribution in [0.3, 0.4) is 0 Å². The summed E-state index contributed by atoms with van der Waals surface area (Å²) in [6, 6.07) is 7.73. The van der Waals surface area contributed by atoms with Gasteiger partial charge in [0.15, 0.2) is 5.76 Å². The molecule has 0 radical (unpaired) electrons. The van der Waals surface area contributed by atoms with Crippen molar-refractivity contribution in [2.75, 3.05) is 0 Å². The Balaban J connectivity index is 1.85. The van der Waals surface area contributed by atoms with Crippen LogP contribution < -0.4 is 10.2 Å². The Hall–Kier alpha value is -3.31. The Labute approximate surface area is 193 Å². The lowest BCUT2D eigenvalue weighted by atomic mass is 9.93. The lowest BCUT2D eigenvalue weighted by Crippen LogP contribution is -2.59. The molecule has 1 aliphatic rings. The van der Waals surface area contributed by atoms with Crippen molar-refractivity contribution < 1.29 is 44.5 Å². The van der Waals surface area contributed by atoms with Gasteiger partial charge in [-0.2, -0.15) is 0 Å². The molecule has 0 bridgehead atoms. The van der Waals surface area contributed by atoms with Crippen LogP contribution in [0.25, 0.3) is 22.3 Å². The van der Waals surface area contributed by atoms with Gasteiger partial charge in [-0.3, -0.25) is 4.79 Å². The molecule has 4 rings (SSSR count). The number of ether oxygens (including phenoxy) is 2. The van der Waals surface area contributed by atoms with Gasteiger partial charge in [-0.15, -0.1) is 0 Å². The lowest BCUT2D eigenvalue weighted by molar-refractivity contribution is -0.274. The maximum Gasteiger partial charge on any atom is 0.239 e. The first-order valence-electron chi connectivity index (χ1n) is 10.7. The van der Waals surface area contributed by atoms with Crippen molar-refractivity contribution in [3.8, 4) is 34.3 Å². The van der Waals surface area contributed by atoms with Gasteiger partial charge in [0, 0.05) is 17.7 Å². The molecular formula is C24H26O10. The normalized spacial score (nSPS) is 25.1. The minimum atomic E-state index is -1.70. The van der Waals surface area contributed by atoms with Crippen molar-refractivity contribution in [2.45, 2.75) is 51.0 Å². The average Bonchev–Trinajstić information content (AvgIpc) is 2.76. The number of aliphatic hydroxyl groups is 3. The minimum absolute atomic E-state index is 0.0377. The highest BCUT2D eigenvalue weighted by Crippen LogP contribution is 2.37. The fraction of sp³-hybridized carbons (Fsp3) is 0.375.